The molecule has 2 heterocycles. The van der Waals surface area contributed by atoms with Gasteiger partial charge in [-0.15, -0.1) is 21.5 Å². The summed E-state index contributed by atoms with van der Waals surface area (Å²) in [5, 5.41) is 12.0. The van der Waals surface area contributed by atoms with Gasteiger partial charge in [-0.25, -0.2) is 4.98 Å². The molecule has 2 aromatic heterocycles. The van der Waals surface area contributed by atoms with Crippen molar-refractivity contribution in [3.63, 3.8) is 0 Å². The third kappa shape index (κ3) is 4.12. The lowest BCUT2D eigenvalue weighted by atomic mass is 10.1. The molecule has 0 N–H and O–H groups in total. The molecule has 6 heteroatoms. The topological polar surface area (TPSA) is 51.8 Å². The SMILES string of the molecule is Cc1ccc(-c2nc(CSc3nnc(-c4ccc(C)c(C)c4)o3)cs2)cc1. The van der Waals surface area contributed by atoms with Crippen LogP contribution in [0.3, 0.4) is 0 Å². The lowest BCUT2D eigenvalue weighted by molar-refractivity contribution is 0.466. The third-order valence-electron chi connectivity index (χ3n) is 4.35. The molecule has 136 valence electrons. The van der Waals surface area contributed by atoms with Gasteiger partial charge in [0.1, 0.15) is 5.01 Å². The molecule has 27 heavy (non-hydrogen) atoms. The molecule has 0 saturated heterocycles. The number of thiazole rings is 1. The molecule has 0 aliphatic heterocycles. The number of rotatable bonds is 5. The molecule has 0 amide bonds. The predicted octanol–water partition coefficient (Wildman–Crippen LogP) is 6.08. The molecule has 4 aromatic rings. The molecular formula is C21H19N3OS2. The van der Waals surface area contributed by atoms with Crippen LogP contribution >= 0.6 is 23.1 Å². The van der Waals surface area contributed by atoms with E-state index in [2.05, 4.69) is 72.7 Å². The molecule has 0 spiro atoms. The minimum atomic E-state index is 0.555. The molecule has 0 aliphatic rings. The summed E-state index contributed by atoms with van der Waals surface area (Å²) >= 11 is 3.17. The first kappa shape index (κ1) is 17.9. The molecule has 0 unspecified atom stereocenters. The molecule has 0 radical (unpaired) electrons. The molecule has 0 bridgehead atoms. The summed E-state index contributed by atoms with van der Waals surface area (Å²) in [6.07, 6.45) is 0. The Morgan fingerprint density at radius 2 is 1.70 bits per heavy atom. The van der Waals surface area contributed by atoms with Crippen LogP contribution in [-0.4, -0.2) is 15.2 Å². The van der Waals surface area contributed by atoms with E-state index in [9.17, 15) is 0 Å². The summed E-state index contributed by atoms with van der Waals surface area (Å²) in [6.45, 7) is 6.26. The average molecular weight is 394 g/mol. The Kier molecular flexibility index (Phi) is 5.09. The Bertz CT molecular complexity index is 1070. The van der Waals surface area contributed by atoms with E-state index in [0.717, 1.165) is 21.8 Å². The second kappa shape index (κ2) is 7.66. The summed E-state index contributed by atoms with van der Waals surface area (Å²) < 4.78 is 5.81. The number of thioether (sulfide) groups is 1. The maximum absolute atomic E-state index is 5.81. The van der Waals surface area contributed by atoms with Gasteiger partial charge in [0.25, 0.3) is 5.22 Å². The average Bonchev–Trinajstić information content (AvgIpc) is 3.32. The zero-order valence-corrected chi connectivity index (χ0v) is 17.0. The fourth-order valence-corrected chi connectivity index (χ4v) is 4.18. The Hall–Kier alpha value is -2.44. The highest BCUT2D eigenvalue weighted by atomic mass is 32.2. The molecule has 0 saturated carbocycles. The normalized spacial score (nSPS) is 11.1. The van der Waals surface area contributed by atoms with Gasteiger partial charge in [0, 0.05) is 22.3 Å². The molecule has 4 rings (SSSR count). The van der Waals surface area contributed by atoms with Gasteiger partial charge < -0.3 is 4.42 Å². The Balaban J connectivity index is 1.43. The lowest BCUT2D eigenvalue weighted by Crippen LogP contribution is -1.83. The van der Waals surface area contributed by atoms with Crippen molar-refractivity contribution in [2.24, 2.45) is 0 Å². The van der Waals surface area contributed by atoms with Gasteiger partial charge in [-0.2, -0.15) is 0 Å². The molecule has 4 nitrogen and oxygen atoms in total. The Morgan fingerprint density at radius 3 is 2.48 bits per heavy atom. The van der Waals surface area contributed by atoms with E-state index in [0.29, 0.717) is 16.9 Å². The van der Waals surface area contributed by atoms with Gasteiger partial charge in [-0.05, 0) is 44.0 Å². The highest BCUT2D eigenvalue weighted by Crippen LogP contribution is 2.29. The van der Waals surface area contributed by atoms with Crippen molar-refractivity contribution in [3.8, 4) is 22.0 Å². The van der Waals surface area contributed by atoms with Crippen molar-refractivity contribution in [2.45, 2.75) is 31.7 Å². The lowest BCUT2D eigenvalue weighted by Gasteiger charge is -2.00. The van der Waals surface area contributed by atoms with E-state index in [1.165, 1.54) is 28.5 Å². The standard InChI is InChI=1S/C21H19N3OS2/c1-13-4-7-16(8-5-13)20-22-18(11-26-20)12-27-21-24-23-19(25-21)17-9-6-14(2)15(3)10-17/h4-11H,12H2,1-3H3. The van der Waals surface area contributed by atoms with E-state index in [1.807, 2.05) is 6.07 Å². The molecule has 0 atom stereocenters. The summed E-state index contributed by atoms with van der Waals surface area (Å²) in [4.78, 5) is 4.72. The van der Waals surface area contributed by atoms with Gasteiger partial charge in [0.2, 0.25) is 5.89 Å². The minimum absolute atomic E-state index is 0.555. The van der Waals surface area contributed by atoms with Crippen molar-refractivity contribution < 1.29 is 4.42 Å². The van der Waals surface area contributed by atoms with Gasteiger partial charge >= 0.3 is 0 Å². The predicted molar refractivity (Wildman–Crippen MR) is 111 cm³/mol. The monoisotopic (exact) mass is 393 g/mol. The van der Waals surface area contributed by atoms with Gasteiger partial charge in [-0.1, -0.05) is 47.7 Å². The molecule has 2 aromatic carbocycles. The Morgan fingerprint density at radius 1 is 0.926 bits per heavy atom. The smallest absolute Gasteiger partial charge is 0.277 e. The van der Waals surface area contributed by atoms with E-state index in [4.69, 9.17) is 9.40 Å². The second-order valence-corrected chi connectivity index (χ2v) is 8.26. The highest BCUT2D eigenvalue weighted by molar-refractivity contribution is 7.98. The number of nitrogens with zero attached hydrogens (tertiary/aromatic N) is 3. The largest absolute Gasteiger partial charge is 0.411 e. The van der Waals surface area contributed by atoms with E-state index >= 15 is 0 Å². The quantitative estimate of drug-likeness (QED) is 0.385. The van der Waals surface area contributed by atoms with Crippen molar-refractivity contribution >= 4 is 23.1 Å². The summed E-state index contributed by atoms with van der Waals surface area (Å²) in [5.74, 6) is 1.26. The van der Waals surface area contributed by atoms with E-state index in [1.54, 1.807) is 11.3 Å². The van der Waals surface area contributed by atoms with E-state index in [-0.39, 0.29) is 0 Å². The number of hydrogen-bond donors (Lipinski definition) is 0. The number of hydrogen-bond acceptors (Lipinski definition) is 6. The maximum Gasteiger partial charge on any atom is 0.277 e. The summed E-state index contributed by atoms with van der Waals surface area (Å²) in [7, 11) is 0. The molecular weight excluding hydrogens is 374 g/mol. The third-order valence-corrected chi connectivity index (χ3v) is 6.15. The zero-order valence-electron chi connectivity index (χ0n) is 15.4. The fourth-order valence-electron chi connectivity index (χ4n) is 2.60. The van der Waals surface area contributed by atoms with Crippen molar-refractivity contribution in [2.75, 3.05) is 0 Å². The maximum atomic E-state index is 5.81. The van der Waals surface area contributed by atoms with Crippen LogP contribution < -0.4 is 0 Å². The van der Waals surface area contributed by atoms with Gasteiger partial charge in [-0.3, -0.25) is 0 Å². The minimum Gasteiger partial charge on any atom is -0.411 e. The van der Waals surface area contributed by atoms with Crippen LogP contribution in [0.25, 0.3) is 22.0 Å². The van der Waals surface area contributed by atoms with E-state index < -0.39 is 0 Å². The zero-order chi connectivity index (χ0) is 18.8. The van der Waals surface area contributed by atoms with Crippen LogP contribution in [0.2, 0.25) is 0 Å². The van der Waals surface area contributed by atoms with Crippen LogP contribution in [0.1, 0.15) is 22.4 Å². The van der Waals surface area contributed by atoms with Gasteiger partial charge in [0.15, 0.2) is 0 Å². The highest BCUT2D eigenvalue weighted by Gasteiger charge is 2.11. The van der Waals surface area contributed by atoms with Crippen LogP contribution in [0.5, 0.6) is 0 Å². The second-order valence-electron chi connectivity index (χ2n) is 6.47. The van der Waals surface area contributed by atoms with Crippen molar-refractivity contribution in [1.29, 1.82) is 0 Å². The fraction of sp³-hybridized carbons (Fsp3) is 0.190. The molecule has 0 fully saturated rings. The number of benzene rings is 2. The first-order valence-corrected chi connectivity index (χ1v) is 10.5. The first-order chi connectivity index (χ1) is 13.1. The van der Waals surface area contributed by atoms with Crippen LogP contribution in [-0.2, 0) is 5.75 Å². The summed E-state index contributed by atoms with van der Waals surface area (Å²) in [6, 6.07) is 14.6. The molecule has 0 aliphatic carbocycles. The summed E-state index contributed by atoms with van der Waals surface area (Å²) in [5.41, 5.74) is 6.84. The van der Waals surface area contributed by atoms with Crippen LogP contribution in [0, 0.1) is 20.8 Å². The van der Waals surface area contributed by atoms with Gasteiger partial charge in [0.05, 0.1) is 5.69 Å². The Labute approximate surface area is 166 Å². The van der Waals surface area contributed by atoms with Crippen LogP contribution in [0.15, 0.2) is 57.5 Å². The first-order valence-electron chi connectivity index (χ1n) is 8.64. The number of aryl methyl sites for hydroxylation is 3. The van der Waals surface area contributed by atoms with Crippen molar-refractivity contribution in [1.82, 2.24) is 15.2 Å². The number of aromatic nitrogens is 3. The van der Waals surface area contributed by atoms with Crippen LogP contribution in [0.4, 0.5) is 0 Å². The van der Waals surface area contributed by atoms with Crippen molar-refractivity contribution in [3.05, 3.63) is 70.2 Å².